The molecule has 0 aliphatic carbocycles. The minimum atomic E-state index is -0.267. The van der Waals surface area contributed by atoms with E-state index in [-0.39, 0.29) is 24.4 Å². The lowest BCUT2D eigenvalue weighted by Gasteiger charge is -2.19. The molecule has 1 rings (SSSR count). The minimum Gasteiger partial charge on any atom is -0.329 e. The molecule has 0 spiro atoms. The maximum atomic E-state index is 11.3. The zero-order valence-electron chi connectivity index (χ0n) is 9.54. The van der Waals surface area contributed by atoms with Gasteiger partial charge in [-0.2, -0.15) is 0 Å². The van der Waals surface area contributed by atoms with Crippen LogP contribution in [0.15, 0.2) is 0 Å². The Labute approximate surface area is 90.2 Å². The second kappa shape index (κ2) is 5.11. The van der Waals surface area contributed by atoms with Crippen molar-refractivity contribution in [3.63, 3.8) is 0 Å². The van der Waals surface area contributed by atoms with Gasteiger partial charge in [0.2, 0.25) is 5.91 Å². The largest absolute Gasteiger partial charge is 0.329 e. The van der Waals surface area contributed by atoms with Gasteiger partial charge in [-0.1, -0.05) is 20.8 Å². The van der Waals surface area contributed by atoms with Gasteiger partial charge < -0.3 is 10.6 Å². The summed E-state index contributed by atoms with van der Waals surface area (Å²) in [4.78, 5) is 23.8. The van der Waals surface area contributed by atoms with Gasteiger partial charge in [0.05, 0.1) is 6.54 Å². The highest BCUT2D eigenvalue weighted by Gasteiger charge is 2.29. The molecular weight excluding hydrogens is 194 g/mol. The van der Waals surface area contributed by atoms with E-state index in [2.05, 4.69) is 24.5 Å². The number of hydrogen-bond donors (Lipinski definition) is 2. The molecule has 0 aromatic rings. The van der Waals surface area contributed by atoms with Crippen molar-refractivity contribution >= 4 is 11.9 Å². The number of urea groups is 1. The van der Waals surface area contributed by atoms with E-state index in [0.717, 1.165) is 6.54 Å². The Balaban J connectivity index is 2.33. The van der Waals surface area contributed by atoms with Crippen LogP contribution in [0.4, 0.5) is 4.79 Å². The summed E-state index contributed by atoms with van der Waals surface area (Å²) in [6.07, 6.45) is 0. The first-order chi connectivity index (χ1) is 7.00. The summed E-state index contributed by atoms with van der Waals surface area (Å²) >= 11 is 0. The molecule has 1 aliphatic heterocycles. The summed E-state index contributed by atoms with van der Waals surface area (Å²) in [5.74, 6) is 0.150. The fraction of sp³-hybridized carbons (Fsp3) is 0.800. The number of imide groups is 1. The molecule has 1 fully saturated rings. The van der Waals surface area contributed by atoms with Crippen LogP contribution in [0.3, 0.4) is 0 Å². The number of carbonyl (C=O) groups is 2. The number of nitrogens with one attached hydrogen (secondary N) is 2. The van der Waals surface area contributed by atoms with Gasteiger partial charge >= 0.3 is 6.03 Å². The summed E-state index contributed by atoms with van der Waals surface area (Å²) in [6.45, 7) is 7.61. The van der Waals surface area contributed by atoms with E-state index in [1.54, 1.807) is 0 Å². The smallest absolute Gasteiger partial charge is 0.324 e. The summed E-state index contributed by atoms with van der Waals surface area (Å²) < 4.78 is 0. The topological polar surface area (TPSA) is 61.4 Å². The quantitative estimate of drug-likeness (QED) is 0.640. The Kier molecular flexibility index (Phi) is 4.08. The van der Waals surface area contributed by atoms with Crippen molar-refractivity contribution in [3.8, 4) is 0 Å². The van der Waals surface area contributed by atoms with Gasteiger partial charge in [-0.15, -0.1) is 0 Å². The van der Waals surface area contributed by atoms with Crippen LogP contribution in [0.5, 0.6) is 0 Å². The minimum absolute atomic E-state index is 0.128. The van der Waals surface area contributed by atoms with Gasteiger partial charge in [-0.25, -0.2) is 4.79 Å². The summed E-state index contributed by atoms with van der Waals surface area (Å²) in [5.41, 5.74) is 0. The molecule has 1 aliphatic rings. The van der Waals surface area contributed by atoms with Crippen molar-refractivity contribution in [2.24, 2.45) is 5.92 Å². The third-order valence-corrected chi connectivity index (χ3v) is 2.31. The molecule has 86 valence electrons. The van der Waals surface area contributed by atoms with Gasteiger partial charge in [-0.3, -0.25) is 9.69 Å². The van der Waals surface area contributed by atoms with Crippen LogP contribution in [0.25, 0.3) is 0 Å². The molecule has 1 atom stereocenters. The molecule has 1 heterocycles. The molecule has 0 radical (unpaired) electrons. The molecule has 15 heavy (non-hydrogen) atoms. The Morgan fingerprint density at radius 3 is 2.53 bits per heavy atom. The van der Waals surface area contributed by atoms with Gasteiger partial charge in [0.25, 0.3) is 0 Å². The van der Waals surface area contributed by atoms with Crippen molar-refractivity contribution < 1.29 is 9.59 Å². The van der Waals surface area contributed by atoms with Crippen molar-refractivity contribution in [2.75, 3.05) is 19.6 Å². The van der Waals surface area contributed by atoms with Crippen molar-refractivity contribution in [1.29, 1.82) is 0 Å². The second-order valence-electron chi connectivity index (χ2n) is 4.33. The van der Waals surface area contributed by atoms with Crippen molar-refractivity contribution in [2.45, 2.75) is 26.8 Å². The molecule has 0 saturated carbocycles. The van der Waals surface area contributed by atoms with Crippen LogP contribution in [0.2, 0.25) is 0 Å². The van der Waals surface area contributed by atoms with Crippen LogP contribution in [-0.4, -0.2) is 42.5 Å². The lowest BCUT2D eigenvalue weighted by molar-refractivity contribution is -0.125. The zero-order chi connectivity index (χ0) is 11.4. The predicted molar refractivity (Wildman–Crippen MR) is 57.4 cm³/mol. The second-order valence-corrected chi connectivity index (χ2v) is 4.33. The van der Waals surface area contributed by atoms with E-state index in [1.165, 1.54) is 4.90 Å². The monoisotopic (exact) mass is 213 g/mol. The van der Waals surface area contributed by atoms with Gasteiger partial charge in [0.15, 0.2) is 0 Å². The Bertz CT molecular complexity index is 237. The average molecular weight is 213 g/mol. The molecule has 1 unspecified atom stereocenters. The van der Waals surface area contributed by atoms with Crippen LogP contribution in [0.1, 0.15) is 20.8 Å². The van der Waals surface area contributed by atoms with Crippen LogP contribution in [0, 0.1) is 5.92 Å². The summed E-state index contributed by atoms with van der Waals surface area (Å²) in [7, 11) is 0. The fourth-order valence-electron chi connectivity index (χ4n) is 1.45. The van der Waals surface area contributed by atoms with Crippen molar-refractivity contribution in [3.05, 3.63) is 0 Å². The van der Waals surface area contributed by atoms with Gasteiger partial charge in [0.1, 0.15) is 0 Å². The fourth-order valence-corrected chi connectivity index (χ4v) is 1.45. The maximum absolute atomic E-state index is 11.3. The molecule has 5 heteroatoms. The van der Waals surface area contributed by atoms with Crippen LogP contribution >= 0.6 is 0 Å². The first-order valence-corrected chi connectivity index (χ1v) is 5.32. The number of nitrogens with zero attached hydrogens (tertiary/aromatic N) is 1. The Morgan fingerprint density at radius 2 is 2.07 bits per heavy atom. The average Bonchev–Trinajstić information content (AvgIpc) is 2.46. The van der Waals surface area contributed by atoms with E-state index in [4.69, 9.17) is 0 Å². The molecule has 0 aromatic carbocycles. The van der Waals surface area contributed by atoms with Crippen LogP contribution in [-0.2, 0) is 4.79 Å². The standard InChI is InChI=1S/C10H19N3O2/c1-7(2)11-4-8(3)6-13-9(14)5-12-10(13)15/h7-8,11H,4-6H2,1-3H3,(H,12,15). The third-order valence-electron chi connectivity index (χ3n) is 2.31. The van der Waals surface area contributed by atoms with E-state index in [1.807, 2.05) is 6.92 Å². The molecular formula is C10H19N3O2. The number of carbonyl (C=O) groups excluding carboxylic acids is 2. The first-order valence-electron chi connectivity index (χ1n) is 5.32. The highest BCUT2D eigenvalue weighted by Crippen LogP contribution is 2.04. The zero-order valence-corrected chi connectivity index (χ0v) is 9.54. The van der Waals surface area contributed by atoms with Crippen LogP contribution < -0.4 is 10.6 Å². The molecule has 0 aromatic heterocycles. The highest BCUT2D eigenvalue weighted by molar-refractivity contribution is 6.01. The molecule has 1 saturated heterocycles. The number of hydrogen-bond acceptors (Lipinski definition) is 3. The van der Waals surface area contributed by atoms with Gasteiger partial charge in [0, 0.05) is 12.6 Å². The lowest BCUT2D eigenvalue weighted by atomic mass is 10.1. The molecule has 0 bridgehead atoms. The van der Waals surface area contributed by atoms with Gasteiger partial charge in [-0.05, 0) is 12.5 Å². The van der Waals surface area contributed by atoms with Crippen molar-refractivity contribution in [1.82, 2.24) is 15.5 Å². The summed E-state index contributed by atoms with van der Waals surface area (Å²) in [5, 5.41) is 5.79. The van der Waals surface area contributed by atoms with E-state index in [9.17, 15) is 9.59 Å². The lowest BCUT2D eigenvalue weighted by Crippen LogP contribution is -2.38. The first kappa shape index (κ1) is 12.0. The molecule has 3 amide bonds. The number of amides is 3. The molecule has 5 nitrogen and oxygen atoms in total. The predicted octanol–water partition coefficient (Wildman–Crippen LogP) is 0.172. The normalized spacial score (nSPS) is 18.5. The highest BCUT2D eigenvalue weighted by atomic mass is 16.2. The molecule has 2 N–H and O–H groups in total. The summed E-state index contributed by atoms with van der Waals surface area (Å²) in [6, 6.07) is 0.159. The Morgan fingerprint density at radius 1 is 1.40 bits per heavy atom. The SMILES string of the molecule is CC(CNC(C)C)CN1C(=O)CNC1=O. The van der Waals surface area contributed by atoms with E-state index >= 15 is 0 Å². The number of rotatable bonds is 5. The van der Waals surface area contributed by atoms with E-state index in [0.29, 0.717) is 12.6 Å². The Hall–Kier alpha value is -1.10. The third kappa shape index (κ3) is 3.51. The maximum Gasteiger partial charge on any atom is 0.324 e. The van der Waals surface area contributed by atoms with E-state index < -0.39 is 0 Å².